The molecule has 1 heterocycles. The summed E-state index contributed by atoms with van der Waals surface area (Å²) in [6, 6.07) is 2.87. The number of aromatic nitrogens is 1. The van der Waals surface area contributed by atoms with Gasteiger partial charge in [0, 0.05) is 11.6 Å². The molecule has 0 saturated carbocycles. The van der Waals surface area contributed by atoms with Crippen molar-refractivity contribution in [2.75, 3.05) is 7.11 Å². The Labute approximate surface area is 124 Å². The van der Waals surface area contributed by atoms with Crippen LogP contribution in [0, 0.1) is 0 Å². The van der Waals surface area contributed by atoms with Crippen LogP contribution in [0.1, 0.15) is 16.1 Å². The highest BCUT2D eigenvalue weighted by atomic mass is 79.9. The average Bonchev–Trinajstić information content (AvgIpc) is 2.86. The summed E-state index contributed by atoms with van der Waals surface area (Å²) >= 11 is 3.07. The van der Waals surface area contributed by atoms with Crippen molar-refractivity contribution in [3.05, 3.63) is 34.0 Å². The van der Waals surface area contributed by atoms with Gasteiger partial charge in [0.1, 0.15) is 11.4 Å². The van der Waals surface area contributed by atoms with E-state index in [4.69, 9.17) is 9.84 Å². The van der Waals surface area contributed by atoms with E-state index in [2.05, 4.69) is 25.6 Å². The Morgan fingerprint density at radius 3 is 2.52 bits per heavy atom. The van der Waals surface area contributed by atoms with Gasteiger partial charge in [-0.05, 0) is 28.1 Å². The van der Waals surface area contributed by atoms with Gasteiger partial charge in [0.2, 0.25) is 5.76 Å². The maximum Gasteiger partial charge on any atom is 0.417 e. The molecule has 0 radical (unpaired) electrons. The van der Waals surface area contributed by atoms with E-state index >= 15 is 0 Å². The first-order valence-corrected chi connectivity index (χ1v) is 6.18. The molecule has 1 aromatic carbocycles. The van der Waals surface area contributed by atoms with E-state index in [1.165, 1.54) is 7.11 Å². The number of methoxy groups -OCH3 is 1. The summed E-state index contributed by atoms with van der Waals surface area (Å²) in [6.07, 6.45) is -4.66. The van der Waals surface area contributed by atoms with E-state index < -0.39 is 23.5 Å². The summed E-state index contributed by atoms with van der Waals surface area (Å²) in [5.74, 6) is -1.98. The number of ether oxygens (including phenoxy) is 1. The number of carboxylic acid groups (broad SMARTS) is 1. The number of benzene rings is 1. The van der Waals surface area contributed by atoms with Crippen LogP contribution >= 0.6 is 15.9 Å². The van der Waals surface area contributed by atoms with Gasteiger partial charge in [-0.3, -0.25) is 0 Å². The van der Waals surface area contributed by atoms with Crippen molar-refractivity contribution < 1.29 is 32.3 Å². The van der Waals surface area contributed by atoms with Gasteiger partial charge < -0.3 is 14.4 Å². The van der Waals surface area contributed by atoms with Crippen molar-refractivity contribution in [2.45, 2.75) is 6.18 Å². The zero-order valence-corrected chi connectivity index (χ0v) is 11.9. The minimum Gasteiger partial charge on any atom is -0.496 e. The van der Waals surface area contributed by atoms with Gasteiger partial charge >= 0.3 is 12.1 Å². The predicted octanol–water partition coefficient (Wildman–Crippen LogP) is 3.83. The van der Waals surface area contributed by atoms with Crippen LogP contribution in [0.15, 0.2) is 27.2 Å². The van der Waals surface area contributed by atoms with Crippen LogP contribution in [0.5, 0.6) is 5.75 Å². The lowest BCUT2D eigenvalue weighted by Gasteiger charge is -2.14. The van der Waals surface area contributed by atoms with Crippen LogP contribution in [-0.2, 0) is 6.18 Å². The summed E-state index contributed by atoms with van der Waals surface area (Å²) in [5.41, 5.74) is -1.55. The molecule has 0 bridgehead atoms. The van der Waals surface area contributed by atoms with Gasteiger partial charge in [-0.15, -0.1) is 0 Å². The Hall–Kier alpha value is -2.03. The van der Waals surface area contributed by atoms with Crippen LogP contribution in [-0.4, -0.2) is 23.3 Å². The summed E-state index contributed by atoms with van der Waals surface area (Å²) in [7, 11) is 1.23. The van der Waals surface area contributed by atoms with E-state index in [9.17, 15) is 18.0 Å². The molecule has 0 saturated heterocycles. The quantitative estimate of drug-likeness (QED) is 0.894. The molecule has 0 atom stereocenters. The lowest BCUT2D eigenvalue weighted by atomic mass is 10.0. The molecule has 1 aromatic heterocycles. The summed E-state index contributed by atoms with van der Waals surface area (Å²) < 4.78 is 48.9. The van der Waals surface area contributed by atoms with E-state index in [1.807, 2.05) is 0 Å². The largest absolute Gasteiger partial charge is 0.496 e. The molecular formula is C12H7BrF3NO4. The monoisotopic (exact) mass is 365 g/mol. The third-order valence-electron chi connectivity index (χ3n) is 2.59. The zero-order chi connectivity index (χ0) is 15.8. The second-order valence-corrected chi connectivity index (χ2v) is 4.77. The molecule has 2 aromatic rings. The molecule has 2 rings (SSSR count). The topological polar surface area (TPSA) is 72.6 Å². The molecule has 0 spiro atoms. The Balaban J connectivity index is 2.65. The van der Waals surface area contributed by atoms with Gasteiger partial charge in [0.05, 0.1) is 17.1 Å². The van der Waals surface area contributed by atoms with Crippen molar-refractivity contribution in [1.29, 1.82) is 0 Å². The Kier molecular flexibility index (Phi) is 3.95. The molecule has 0 amide bonds. The maximum absolute atomic E-state index is 13.1. The van der Waals surface area contributed by atoms with Crippen molar-refractivity contribution in [2.24, 2.45) is 0 Å². The highest BCUT2D eigenvalue weighted by Crippen LogP contribution is 2.42. The van der Waals surface area contributed by atoms with Gasteiger partial charge in [-0.1, -0.05) is 5.16 Å². The molecule has 0 aliphatic rings. The minimum absolute atomic E-state index is 0.00646. The van der Waals surface area contributed by atoms with Crippen molar-refractivity contribution >= 4 is 21.9 Å². The van der Waals surface area contributed by atoms with E-state index in [1.54, 1.807) is 0 Å². The third-order valence-corrected chi connectivity index (χ3v) is 3.21. The summed E-state index contributed by atoms with van der Waals surface area (Å²) in [6.45, 7) is 0. The molecular weight excluding hydrogens is 359 g/mol. The highest BCUT2D eigenvalue weighted by Gasteiger charge is 2.36. The Bertz CT molecular complexity index is 696. The number of aromatic carboxylic acids is 1. The summed E-state index contributed by atoms with van der Waals surface area (Å²) in [4.78, 5) is 10.7. The fourth-order valence-corrected chi connectivity index (χ4v) is 2.16. The average molecular weight is 366 g/mol. The molecule has 0 fully saturated rings. The SMILES string of the molecule is COc1cc(C(F)(F)F)c(-c2cc(C(=O)O)on2)cc1Br. The van der Waals surface area contributed by atoms with E-state index in [0.717, 1.165) is 18.2 Å². The molecule has 9 heteroatoms. The van der Waals surface area contributed by atoms with Crippen LogP contribution in [0.3, 0.4) is 0 Å². The fraction of sp³-hybridized carbons (Fsp3) is 0.167. The fourth-order valence-electron chi connectivity index (χ4n) is 1.66. The van der Waals surface area contributed by atoms with Crippen LogP contribution in [0.2, 0.25) is 0 Å². The molecule has 5 nitrogen and oxygen atoms in total. The normalized spacial score (nSPS) is 11.5. The van der Waals surface area contributed by atoms with Crippen LogP contribution < -0.4 is 4.74 Å². The number of carboxylic acids is 1. The smallest absolute Gasteiger partial charge is 0.417 e. The maximum atomic E-state index is 13.1. The van der Waals surface area contributed by atoms with Gasteiger partial charge in [0.15, 0.2) is 0 Å². The molecule has 0 aliphatic heterocycles. The molecule has 1 N–H and O–H groups in total. The number of hydrogen-bond donors (Lipinski definition) is 1. The van der Waals surface area contributed by atoms with E-state index in [-0.39, 0.29) is 21.5 Å². The Morgan fingerprint density at radius 2 is 2.05 bits per heavy atom. The highest BCUT2D eigenvalue weighted by molar-refractivity contribution is 9.10. The summed E-state index contributed by atoms with van der Waals surface area (Å²) in [5, 5.41) is 12.1. The predicted molar refractivity (Wildman–Crippen MR) is 68.2 cm³/mol. The van der Waals surface area contributed by atoms with E-state index in [0.29, 0.717) is 0 Å². The molecule has 0 unspecified atom stereocenters. The van der Waals surface area contributed by atoms with Crippen molar-refractivity contribution in [3.63, 3.8) is 0 Å². The van der Waals surface area contributed by atoms with Gasteiger partial charge in [-0.2, -0.15) is 13.2 Å². The Morgan fingerprint density at radius 1 is 1.38 bits per heavy atom. The lowest BCUT2D eigenvalue weighted by molar-refractivity contribution is -0.137. The van der Waals surface area contributed by atoms with Gasteiger partial charge in [0.25, 0.3) is 0 Å². The first-order valence-electron chi connectivity index (χ1n) is 5.39. The van der Waals surface area contributed by atoms with Gasteiger partial charge in [-0.25, -0.2) is 4.79 Å². The number of nitrogens with zero attached hydrogens (tertiary/aromatic N) is 1. The molecule has 112 valence electrons. The second kappa shape index (κ2) is 5.40. The van der Waals surface area contributed by atoms with Crippen molar-refractivity contribution in [3.8, 4) is 17.0 Å². The lowest BCUT2D eigenvalue weighted by Crippen LogP contribution is -2.08. The van der Waals surface area contributed by atoms with Crippen LogP contribution in [0.4, 0.5) is 13.2 Å². The first-order chi connectivity index (χ1) is 9.74. The van der Waals surface area contributed by atoms with Crippen molar-refractivity contribution in [1.82, 2.24) is 5.16 Å². The van der Waals surface area contributed by atoms with Crippen LogP contribution in [0.25, 0.3) is 11.3 Å². The number of alkyl halides is 3. The standard InChI is InChI=1S/C12H7BrF3NO4/c1-20-9-3-6(12(14,15)16)5(2-7(9)13)8-4-10(11(18)19)21-17-8/h2-4H,1H3,(H,18,19). The number of rotatable bonds is 3. The molecule has 0 aliphatic carbocycles. The third kappa shape index (κ3) is 3.02. The first kappa shape index (κ1) is 15.4. The number of halogens is 4. The molecule has 21 heavy (non-hydrogen) atoms. The minimum atomic E-state index is -4.66. The number of carbonyl (C=O) groups is 1. The number of hydrogen-bond acceptors (Lipinski definition) is 4. The zero-order valence-electron chi connectivity index (χ0n) is 10.4. The second-order valence-electron chi connectivity index (χ2n) is 3.91.